The van der Waals surface area contributed by atoms with Gasteiger partial charge >= 0.3 is 5.97 Å². The third-order valence-electron chi connectivity index (χ3n) is 10.8. The Bertz CT molecular complexity index is 2080. The van der Waals surface area contributed by atoms with Crippen LogP contribution in [0.1, 0.15) is 95.1 Å². The molecule has 0 saturated carbocycles. The monoisotopic (exact) mass is 752 g/mol. The molecule has 0 fully saturated rings. The van der Waals surface area contributed by atoms with Crippen molar-refractivity contribution in [3.63, 3.8) is 0 Å². The first-order chi connectivity index (χ1) is 24.4. The van der Waals surface area contributed by atoms with E-state index < -0.39 is 38.3 Å². The molecule has 2 aromatic carbocycles. The number of aryl methyl sites for hydroxylation is 1. The van der Waals surface area contributed by atoms with Gasteiger partial charge in [-0.25, -0.2) is 17.2 Å². The van der Waals surface area contributed by atoms with Crippen molar-refractivity contribution in [2.45, 2.75) is 101 Å². The maximum atomic E-state index is 15.8. The molecule has 1 aliphatic rings. The number of carboxylic acid groups (broad SMARTS) is 1. The van der Waals surface area contributed by atoms with Crippen LogP contribution in [0.3, 0.4) is 0 Å². The van der Waals surface area contributed by atoms with Gasteiger partial charge in [0.2, 0.25) is 0 Å². The number of halogens is 2. The number of benzene rings is 2. The van der Waals surface area contributed by atoms with Gasteiger partial charge in [0.1, 0.15) is 0 Å². The number of rotatable bonds is 5. The third kappa shape index (κ3) is 8.77. The molecule has 2 atom stereocenters. The molecule has 8 nitrogen and oxygen atoms in total. The molecule has 2 bridgehead atoms. The van der Waals surface area contributed by atoms with E-state index in [1.54, 1.807) is 45.3 Å². The molecule has 2 aromatic heterocycles. The van der Waals surface area contributed by atoms with E-state index in [0.717, 1.165) is 35.7 Å². The van der Waals surface area contributed by atoms with E-state index in [0.29, 0.717) is 52.9 Å². The lowest BCUT2D eigenvalue weighted by atomic mass is 9.70. The summed E-state index contributed by atoms with van der Waals surface area (Å²) in [5.41, 5.74) is 1.32. The standard InChI is InChI=1S/C40H50F2N4O4S2/c1-38(2)14-8-15-40(5,26-10-7-9-25(21-26)24-39(3,4)37(47)48)32(43)23-30(44-6)31-22-27(11-17-45-31)51-36-29(13-19-52(49,50)20-16-38)28-12-18-46-35(28)33(41)34(36)42/h7,9-12,17-18,21-22,30,43-44,46H,8,13-16,19-20,23-24H2,1-6H3,(H,47,48)/t30?,40-/m1/s1. The van der Waals surface area contributed by atoms with Gasteiger partial charge in [0, 0.05) is 40.2 Å². The number of H-pyrrole nitrogens is 1. The van der Waals surface area contributed by atoms with Crippen molar-refractivity contribution < 1.29 is 27.1 Å². The predicted molar refractivity (Wildman–Crippen MR) is 204 cm³/mol. The van der Waals surface area contributed by atoms with Gasteiger partial charge in [-0.1, -0.05) is 63.2 Å². The molecule has 4 N–H and O–H groups in total. The van der Waals surface area contributed by atoms with Crippen molar-refractivity contribution in [1.82, 2.24) is 15.3 Å². The first kappa shape index (κ1) is 39.6. The van der Waals surface area contributed by atoms with Crippen molar-refractivity contribution in [3.8, 4) is 0 Å². The average molecular weight is 753 g/mol. The average Bonchev–Trinajstić information content (AvgIpc) is 3.58. The Labute approximate surface area is 310 Å². The number of carbonyl (C=O) groups is 1. The maximum absolute atomic E-state index is 15.8. The quantitative estimate of drug-likeness (QED) is 0.160. The molecule has 0 amide bonds. The van der Waals surface area contributed by atoms with E-state index in [1.807, 2.05) is 24.3 Å². The second-order valence-electron chi connectivity index (χ2n) is 15.8. The number of fused-ring (bicyclic) bond motifs is 5. The summed E-state index contributed by atoms with van der Waals surface area (Å²) in [6.07, 6.45) is 6.33. The zero-order valence-electron chi connectivity index (χ0n) is 30.8. The van der Waals surface area contributed by atoms with Gasteiger partial charge < -0.3 is 20.8 Å². The minimum atomic E-state index is -3.55. The first-order valence-electron chi connectivity index (χ1n) is 17.7. The zero-order chi connectivity index (χ0) is 38.1. The van der Waals surface area contributed by atoms with Crippen molar-refractivity contribution in [2.24, 2.45) is 10.8 Å². The van der Waals surface area contributed by atoms with Crippen molar-refractivity contribution in [1.29, 1.82) is 5.41 Å². The highest BCUT2D eigenvalue weighted by Crippen LogP contribution is 2.41. The van der Waals surface area contributed by atoms with Gasteiger partial charge in [-0.2, -0.15) is 0 Å². The number of hydrogen-bond acceptors (Lipinski definition) is 7. The Balaban J connectivity index is 1.58. The molecule has 1 unspecified atom stereocenters. The normalized spacial score (nSPS) is 21.8. The van der Waals surface area contributed by atoms with E-state index in [2.05, 4.69) is 36.1 Å². The number of aromatic amines is 1. The molecule has 12 heteroatoms. The topological polar surface area (TPSA) is 136 Å². The van der Waals surface area contributed by atoms with Gasteiger partial charge in [-0.15, -0.1) is 0 Å². The van der Waals surface area contributed by atoms with E-state index in [1.165, 1.54) is 6.20 Å². The van der Waals surface area contributed by atoms with Crippen LogP contribution in [0.15, 0.2) is 64.6 Å². The minimum Gasteiger partial charge on any atom is -0.481 e. The van der Waals surface area contributed by atoms with Crippen LogP contribution >= 0.6 is 11.8 Å². The smallest absolute Gasteiger partial charge is 0.309 e. The van der Waals surface area contributed by atoms with E-state index in [-0.39, 0.29) is 39.8 Å². The summed E-state index contributed by atoms with van der Waals surface area (Å²) >= 11 is 1.04. The summed E-state index contributed by atoms with van der Waals surface area (Å²) in [6, 6.07) is 12.7. The van der Waals surface area contributed by atoms with Crippen LogP contribution in [0.5, 0.6) is 0 Å². The van der Waals surface area contributed by atoms with Crippen LogP contribution in [0, 0.1) is 27.9 Å². The van der Waals surface area contributed by atoms with Crippen LogP contribution in [-0.2, 0) is 32.9 Å². The van der Waals surface area contributed by atoms with Crippen molar-refractivity contribution >= 4 is 44.2 Å². The Hall–Kier alpha value is -3.61. The lowest BCUT2D eigenvalue weighted by Gasteiger charge is -2.35. The second kappa shape index (κ2) is 15.4. The Morgan fingerprint density at radius 2 is 1.85 bits per heavy atom. The SMILES string of the molecule is CNC1CC(=N)[C@@](C)(c2cccc(CC(C)(C)C(=O)O)c2)CCCC(C)(C)CCS(=O)(=O)CCc2c(c(F)c(F)c3[nH]ccc23)Sc2ccnc1c2. The van der Waals surface area contributed by atoms with Crippen molar-refractivity contribution in [2.75, 3.05) is 18.6 Å². The fraction of sp³-hybridized carbons (Fsp3) is 0.475. The van der Waals surface area contributed by atoms with Gasteiger partial charge in [0.15, 0.2) is 21.5 Å². The summed E-state index contributed by atoms with van der Waals surface area (Å²) < 4.78 is 58.1. The zero-order valence-corrected chi connectivity index (χ0v) is 32.5. The third-order valence-corrected chi connectivity index (χ3v) is 13.6. The fourth-order valence-electron chi connectivity index (χ4n) is 7.12. The van der Waals surface area contributed by atoms with Crippen LogP contribution in [0.25, 0.3) is 10.9 Å². The number of carboxylic acids is 1. The summed E-state index contributed by atoms with van der Waals surface area (Å²) in [7, 11) is -1.75. The van der Waals surface area contributed by atoms with Crippen molar-refractivity contribution in [3.05, 3.63) is 88.9 Å². The molecule has 0 aliphatic carbocycles. The maximum Gasteiger partial charge on any atom is 0.309 e. The molecule has 1 aliphatic heterocycles. The van der Waals surface area contributed by atoms with Crippen LogP contribution in [0.2, 0.25) is 0 Å². The Morgan fingerprint density at radius 3 is 2.56 bits per heavy atom. The van der Waals surface area contributed by atoms with Gasteiger partial charge in [0.25, 0.3) is 0 Å². The largest absolute Gasteiger partial charge is 0.481 e. The van der Waals surface area contributed by atoms with E-state index >= 15 is 8.78 Å². The molecule has 4 aromatic rings. The Morgan fingerprint density at radius 1 is 1.10 bits per heavy atom. The summed E-state index contributed by atoms with van der Waals surface area (Å²) in [5, 5.41) is 23.2. The van der Waals surface area contributed by atoms with Crippen LogP contribution in [-0.4, -0.2) is 53.7 Å². The number of pyridine rings is 1. The molecule has 280 valence electrons. The van der Waals surface area contributed by atoms with E-state index in [4.69, 9.17) is 0 Å². The number of hydrogen-bond donors (Lipinski definition) is 4. The van der Waals surface area contributed by atoms with Gasteiger partial charge in [-0.05, 0) is 93.3 Å². The molecule has 5 rings (SSSR count). The lowest BCUT2D eigenvalue weighted by Crippen LogP contribution is -2.36. The highest BCUT2D eigenvalue weighted by Gasteiger charge is 2.35. The molecule has 0 radical (unpaired) electrons. The molecule has 3 heterocycles. The second-order valence-corrected chi connectivity index (χ2v) is 19.2. The molecule has 0 saturated heterocycles. The predicted octanol–water partition coefficient (Wildman–Crippen LogP) is 8.83. The number of nitrogens with zero attached hydrogens (tertiary/aromatic N) is 1. The first-order valence-corrected chi connectivity index (χ1v) is 20.4. The van der Waals surface area contributed by atoms with Gasteiger partial charge in [0.05, 0.1) is 39.1 Å². The van der Waals surface area contributed by atoms with E-state index in [9.17, 15) is 23.7 Å². The summed E-state index contributed by atoms with van der Waals surface area (Å²) in [6.45, 7) is 9.58. The molecular formula is C40H50F2N4O4S2. The minimum absolute atomic E-state index is 0.0112. The summed E-state index contributed by atoms with van der Waals surface area (Å²) in [5.74, 6) is -3.16. The fourth-order valence-corrected chi connectivity index (χ4v) is 9.76. The molecule has 52 heavy (non-hydrogen) atoms. The number of aliphatic carboxylic acids is 1. The molecular weight excluding hydrogens is 703 g/mol. The highest BCUT2D eigenvalue weighted by atomic mass is 32.2. The van der Waals surface area contributed by atoms with Gasteiger partial charge in [-0.3, -0.25) is 9.78 Å². The Kier molecular flexibility index (Phi) is 11.7. The number of nitrogens with one attached hydrogen (secondary N) is 3. The number of sulfone groups is 1. The summed E-state index contributed by atoms with van der Waals surface area (Å²) in [4.78, 5) is 20.0. The number of aromatic nitrogens is 2. The molecule has 0 spiro atoms. The highest BCUT2D eigenvalue weighted by molar-refractivity contribution is 7.99. The van der Waals surface area contributed by atoms with Crippen LogP contribution in [0.4, 0.5) is 8.78 Å². The van der Waals surface area contributed by atoms with Crippen LogP contribution < -0.4 is 5.32 Å². The lowest BCUT2D eigenvalue weighted by molar-refractivity contribution is -0.146.